The molecule has 8 heteroatoms. The molecule has 0 bridgehead atoms. The normalized spacial score (nSPS) is 14.1. The molecule has 0 aromatic carbocycles. The van der Waals surface area contributed by atoms with Crippen molar-refractivity contribution in [2.75, 3.05) is 13.2 Å². The number of aliphatic hydroxyl groups is 1. The van der Waals surface area contributed by atoms with Gasteiger partial charge in [-0.15, -0.1) is 0 Å². The Balaban J connectivity index is 4.76. The van der Waals surface area contributed by atoms with E-state index in [4.69, 9.17) is 5.11 Å². The van der Waals surface area contributed by atoms with Gasteiger partial charge >= 0.3 is 13.8 Å². The van der Waals surface area contributed by atoms with E-state index < -0.39 is 19.9 Å². The predicted octanol–water partition coefficient (Wildman–Crippen LogP) is 2.14. The van der Waals surface area contributed by atoms with E-state index in [0.29, 0.717) is 0 Å². The van der Waals surface area contributed by atoms with Gasteiger partial charge in [-0.3, -0.25) is 9.05 Å². The third-order valence-electron chi connectivity index (χ3n) is 1.25. The van der Waals surface area contributed by atoms with E-state index in [9.17, 15) is 17.7 Å². The quantitative estimate of drug-likeness (QED) is 0.621. The Bertz CT molecular complexity index is 307. The number of alkyl halides is 3. The van der Waals surface area contributed by atoms with E-state index in [1.165, 1.54) is 19.8 Å². The highest BCUT2D eigenvalue weighted by Gasteiger charge is 2.37. The predicted molar refractivity (Wildman–Crippen MR) is 50.7 cm³/mol. The molecule has 0 aliphatic carbocycles. The molecule has 1 atom stereocenters. The van der Waals surface area contributed by atoms with Crippen LogP contribution in [0.15, 0.2) is 0 Å². The molecule has 0 aromatic heterocycles. The van der Waals surface area contributed by atoms with Gasteiger partial charge in [0.05, 0.1) is 13.2 Å². The average molecular weight is 260 g/mol. The molecule has 0 radical (unpaired) electrons. The summed E-state index contributed by atoms with van der Waals surface area (Å²) in [5, 5.41) is 8.55. The molecule has 1 unspecified atom stereocenters. The van der Waals surface area contributed by atoms with Crippen LogP contribution in [0.5, 0.6) is 0 Å². The van der Waals surface area contributed by atoms with Crippen LogP contribution in [-0.2, 0) is 13.6 Å². The average Bonchev–Trinajstić information content (AvgIpc) is 2.13. The van der Waals surface area contributed by atoms with Crippen molar-refractivity contribution in [2.45, 2.75) is 26.1 Å². The first-order valence-corrected chi connectivity index (χ1v) is 5.96. The zero-order valence-electron chi connectivity index (χ0n) is 8.74. The minimum Gasteiger partial charge on any atom is -0.372 e. The van der Waals surface area contributed by atoms with Crippen molar-refractivity contribution in [3.8, 4) is 11.6 Å². The maximum absolute atomic E-state index is 11.9. The SMILES string of the molecule is CCOP(=O)(C#CC(O)C(F)(F)F)OCC. The Labute approximate surface area is 91.3 Å². The van der Waals surface area contributed by atoms with E-state index in [1.54, 1.807) is 5.66 Å². The third-order valence-corrected chi connectivity index (χ3v) is 2.85. The molecule has 4 nitrogen and oxygen atoms in total. The molecule has 0 aromatic rings. The number of halogens is 3. The van der Waals surface area contributed by atoms with E-state index in [1.807, 2.05) is 0 Å². The highest BCUT2D eigenvalue weighted by atomic mass is 31.2. The summed E-state index contributed by atoms with van der Waals surface area (Å²) in [6.45, 7) is 2.95. The topological polar surface area (TPSA) is 55.8 Å². The number of hydrogen-bond donors (Lipinski definition) is 1. The van der Waals surface area contributed by atoms with E-state index >= 15 is 0 Å². The van der Waals surface area contributed by atoms with E-state index in [0.717, 1.165) is 0 Å². The molecule has 0 amide bonds. The largest absolute Gasteiger partial charge is 0.425 e. The first-order chi connectivity index (χ1) is 7.25. The molecule has 0 rings (SSSR count). The summed E-state index contributed by atoms with van der Waals surface area (Å²) < 4.78 is 56.4. The summed E-state index contributed by atoms with van der Waals surface area (Å²) in [4.78, 5) is 0. The van der Waals surface area contributed by atoms with Gasteiger partial charge in [-0.1, -0.05) is 0 Å². The van der Waals surface area contributed by atoms with Gasteiger partial charge in [0, 0.05) is 5.66 Å². The van der Waals surface area contributed by atoms with Crippen LogP contribution in [0.1, 0.15) is 13.8 Å². The summed E-state index contributed by atoms with van der Waals surface area (Å²) >= 11 is 0. The Morgan fingerprint density at radius 2 is 1.75 bits per heavy atom. The van der Waals surface area contributed by atoms with Crippen LogP contribution in [0.25, 0.3) is 0 Å². The minimum atomic E-state index is -4.88. The Morgan fingerprint density at radius 3 is 2.06 bits per heavy atom. The number of aliphatic hydroxyl groups excluding tert-OH is 1. The molecule has 0 fully saturated rings. The fraction of sp³-hybridized carbons (Fsp3) is 0.750. The van der Waals surface area contributed by atoms with Gasteiger partial charge in [-0.2, -0.15) is 13.2 Å². The fourth-order valence-corrected chi connectivity index (χ4v) is 1.83. The highest BCUT2D eigenvalue weighted by molar-refractivity contribution is 7.59. The zero-order chi connectivity index (χ0) is 12.8. The van der Waals surface area contributed by atoms with Gasteiger partial charge in [0.15, 0.2) is 0 Å². The van der Waals surface area contributed by atoms with Gasteiger partial charge in [-0.05, 0) is 19.8 Å². The standard InChI is InChI=1S/C8H12F3O4P/c1-3-14-16(13,15-4-2)6-5-7(12)8(9,10)11/h7,12H,3-4H2,1-2H3. The van der Waals surface area contributed by atoms with Crippen molar-refractivity contribution < 1.29 is 31.9 Å². The highest BCUT2D eigenvalue weighted by Crippen LogP contribution is 2.46. The lowest BCUT2D eigenvalue weighted by Gasteiger charge is -2.11. The molecular formula is C8H12F3O4P. The van der Waals surface area contributed by atoms with Gasteiger partial charge < -0.3 is 5.11 Å². The van der Waals surface area contributed by atoms with Crippen LogP contribution in [0.3, 0.4) is 0 Å². The van der Waals surface area contributed by atoms with Crippen molar-refractivity contribution in [1.29, 1.82) is 0 Å². The lowest BCUT2D eigenvalue weighted by Crippen LogP contribution is -2.26. The van der Waals surface area contributed by atoms with Crippen LogP contribution in [0.2, 0.25) is 0 Å². The first kappa shape index (κ1) is 15.5. The Hall–Kier alpha value is -0.540. The molecule has 0 aliphatic rings. The smallest absolute Gasteiger partial charge is 0.372 e. The zero-order valence-corrected chi connectivity index (χ0v) is 9.64. The number of rotatable bonds is 4. The first-order valence-electron chi connectivity index (χ1n) is 4.42. The van der Waals surface area contributed by atoms with Crippen molar-refractivity contribution in [1.82, 2.24) is 0 Å². The molecule has 16 heavy (non-hydrogen) atoms. The van der Waals surface area contributed by atoms with Crippen LogP contribution < -0.4 is 0 Å². The molecule has 94 valence electrons. The minimum absolute atomic E-state index is 0.0198. The van der Waals surface area contributed by atoms with E-state index in [-0.39, 0.29) is 13.2 Å². The molecule has 0 saturated carbocycles. The van der Waals surface area contributed by atoms with Crippen molar-refractivity contribution in [2.24, 2.45) is 0 Å². The maximum Gasteiger partial charge on any atom is 0.425 e. The summed E-state index contributed by atoms with van der Waals surface area (Å²) in [5.74, 6) is 1.40. The second kappa shape index (κ2) is 6.26. The van der Waals surface area contributed by atoms with Gasteiger partial charge in [0.25, 0.3) is 0 Å². The summed E-state index contributed by atoms with van der Waals surface area (Å²) in [5.41, 5.74) is 1.70. The van der Waals surface area contributed by atoms with Crippen LogP contribution in [0, 0.1) is 11.6 Å². The van der Waals surface area contributed by atoms with E-state index in [2.05, 4.69) is 9.05 Å². The molecular weight excluding hydrogens is 248 g/mol. The Kier molecular flexibility index (Phi) is 6.05. The summed E-state index contributed by atoms with van der Waals surface area (Å²) in [7, 11) is -3.86. The van der Waals surface area contributed by atoms with Gasteiger partial charge in [-0.25, -0.2) is 4.57 Å². The van der Waals surface area contributed by atoms with Crippen LogP contribution in [-0.4, -0.2) is 30.6 Å². The van der Waals surface area contributed by atoms with Crippen molar-refractivity contribution in [3.05, 3.63) is 0 Å². The monoisotopic (exact) mass is 260 g/mol. The van der Waals surface area contributed by atoms with Crippen molar-refractivity contribution >= 4 is 7.60 Å². The van der Waals surface area contributed by atoms with Gasteiger partial charge in [0.1, 0.15) is 0 Å². The molecule has 0 aliphatic heterocycles. The van der Waals surface area contributed by atoms with Gasteiger partial charge in [0.2, 0.25) is 6.10 Å². The second-order valence-corrected chi connectivity index (χ2v) is 4.27. The third kappa shape index (κ3) is 5.52. The molecule has 0 spiro atoms. The lowest BCUT2D eigenvalue weighted by molar-refractivity contribution is -0.184. The number of hydrogen-bond acceptors (Lipinski definition) is 4. The second-order valence-electron chi connectivity index (χ2n) is 2.53. The summed E-state index contributed by atoms with van der Waals surface area (Å²) in [6.07, 6.45) is -7.74. The van der Waals surface area contributed by atoms with Crippen LogP contribution >= 0.6 is 7.60 Å². The van der Waals surface area contributed by atoms with Crippen LogP contribution in [0.4, 0.5) is 13.2 Å². The molecule has 0 saturated heterocycles. The maximum atomic E-state index is 11.9. The lowest BCUT2D eigenvalue weighted by atomic mass is 10.4. The Morgan fingerprint density at radius 1 is 1.31 bits per heavy atom. The fourth-order valence-electron chi connectivity index (χ4n) is 0.664. The molecule has 1 N–H and O–H groups in total. The van der Waals surface area contributed by atoms with Crippen molar-refractivity contribution in [3.63, 3.8) is 0 Å². The summed E-state index contributed by atoms with van der Waals surface area (Å²) in [6, 6.07) is 0. The molecule has 0 heterocycles.